The number of hydrogen-bond donors (Lipinski definition) is 1. The molecule has 0 spiro atoms. The quantitative estimate of drug-likeness (QED) is 0.873. The number of anilines is 1. The number of amides is 1. The molecule has 0 atom stereocenters. The number of aryl methyl sites for hydroxylation is 1. The average Bonchev–Trinajstić information content (AvgIpc) is 2.63. The normalized spacial score (nSPS) is 15.7. The number of morpholine rings is 1. The third kappa shape index (κ3) is 4.01. The lowest BCUT2D eigenvalue weighted by Gasteiger charge is -2.26. The Morgan fingerprint density at radius 3 is 2.40 bits per heavy atom. The van der Waals surface area contributed by atoms with Crippen LogP contribution in [0.5, 0.6) is 0 Å². The Morgan fingerprint density at radius 2 is 1.80 bits per heavy atom. The molecule has 0 unspecified atom stereocenters. The maximum Gasteiger partial charge on any atom is 0.275 e. The van der Waals surface area contributed by atoms with Crippen LogP contribution in [0, 0.1) is 6.92 Å². The Bertz CT molecular complexity index is 845. The standard InChI is InChI=1S/C16H18N4O4S/c1-12-10-18-15(11-17-12)16(21)19-13-2-4-14(5-3-13)25(22,23)20-6-8-24-9-7-20/h2-5,10-11H,6-9H2,1H3,(H,19,21). The molecule has 132 valence electrons. The van der Waals surface area contributed by atoms with Crippen LogP contribution in [0.2, 0.25) is 0 Å². The fourth-order valence-electron chi connectivity index (χ4n) is 2.35. The number of nitrogens with zero attached hydrogens (tertiary/aromatic N) is 3. The van der Waals surface area contributed by atoms with Gasteiger partial charge in [-0.05, 0) is 31.2 Å². The summed E-state index contributed by atoms with van der Waals surface area (Å²) in [5.74, 6) is -0.406. The molecule has 0 aliphatic carbocycles. The number of rotatable bonds is 4. The highest BCUT2D eigenvalue weighted by Gasteiger charge is 2.26. The van der Waals surface area contributed by atoms with Crippen molar-refractivity contribution in [2.75, 3.05) is 31.6 Å². The van der Waals surface area contributed by atoms with Crippen LogP contribution in [0.3, 0.4) is 0 Å². The topological polar surface area (TPSA) is 101 Å². The Morgan fingerprint density at radius 1 is 1.12 bits per heavy atom. The van der Waals surface area contributed by atoms with E-state index in [9.17, 15) is 13.2 Å². The van der Waals surface area contributed by atoms with Crippen LogP contribution < -0.4 is 5.32 Å². The first kappa shape index (κ1) is 17.5. The van der Waals surface area contributed by atoms with E-state index < -0.39 is 15.9 Å². The molecule has 2 aromatic rings. The van der Waals surface area contributed by atoms with E-state index in [-0.39, 0.29) is 10.6 Å². The van der Waals surface area contributed by atoms with Gasteiger partial charge >= 0.3 is 0 Å². The minimum atomic E-state index is -3.55. The molecule has 1 aromatic heterocycles. The van der Waals surface area contributed by atoms with E-state index >= 15 is 0 Å². The van der Waals surface area contributed by atoms with E-state index in [1.54, 1.807) is 19.1 Å². The Hall–Kier alpha value is -2.36. The van der Waals surface area contributed by atoms with Crippen molar-refractivity contribution in [2.24, 2.45) is 0 Å². The summed E-state index contributed by atoms with van der Waals surface area (Å²) in [6.07, 6.45) is 2.90. The molecule has 0 radical (unpaired) electrons. The van der Waals surface area contributed by atoms with Crippen molar-refractivity contribution in [3.05, 3.63) is 48.0 Å². The molecule has 2 heterocycles. The van der Waals surface area contributed by atoms with Crippen molar-refractivity contribution in [1.29, 1.82) is 0 Å². The van der Waals surface area contributed by atoms with Crippen LogP contribution in [-0.2, 0) is 14.8 Å². The molecule has 3 rings (SSSR count). The van der Waals surface area contributed by atoms with Gasteiger partial charge in [0.15, 0.2) is 0 Å². The first-order valence-electron chi connectivity index (χ1n) is 7.75. The third-order valence-corrected chi connectivity index (χ3v) is 5.65. The second kappa shape index (κ2) is 7.26. The zero-order valence-corrected chi connectivity index (χ0v) is 14.5. The molecule has 1 aromatic carbocycles. The summed E-state index contributed by atoms with van der Waals surface area (Å²) in [6.45, 7) is 3.25. The summed E-state index contributed by atoms with van der Waals surface area (Å²) in [4.78, 5) is 20.3. The van der Waals surface area contributed by atoms with E-state index in [0.717, 1.165) is 0 Å². The Balaban J connectivity index is 1.71. The molecule has 1 aliphatic rings. The highest BCUT2D eigenvalue weighted by atomic mass is 32.2. The van der Waals surface area contributed by atoms with Gasteiger partial charge in [0.05, 0.1) is 30.0 Å². The summed E-state index contributed by atoms with van der Waals surface area (Å²) in [7, 11) is -3.55. The predicted molar refractivity (Wildman–Crippen MR) is 90.7 cm³/mol. The Kier molecular flexibility index (Phi) is 5.07. The van der Waals surface area contributed by atoms with Gasteiger partial charge in [-0.2, -0.15) is 4.31 Å². The van der Waals surface area contributed by atoms with Gasteiger partial charge in [0, 0.05) is 25.0 Å². The maximum atomic E-state index is 12.5. The predicted octanol–water partition coefficient (Wildman–Crippen LogP) is 1.06. The number of benzene rings is 1. The van der Waals surface area contributed by atoms with Gasteiger partial charge in [-0.1, -0.05) is 0 Å². The van der Waals surface area contributed by atoms with Crippen molar-refractivity contribution in [3.63, 3.8) is 0 Å². The number of hydrogen-bond acceptors (Lipinski definition) is 6. The number of carbonyl (C=O) groups is 1. The molecule has 9 heteroatoms. The van der Waals surface area contributed by atoms with Gasteiger partial charge in [-0.15, -0.1) is 0 Å². The zero-order chi connectivity index (χ0) is 17.9. The van der Waals surface area contributed by atoms with E-state index in [1.807, 2.05) is 0 Å². The van der Waals surface area contributed by atoms with Gasteiger partial charge in [0.1, 0.15) is 5.69 Å². The first-order valence-corrected chi connectivity index (χ1v) is 9.19. The molecule has 1 saturated heterocycles. The van der Waals surface area contributed by atoms with Gasteiger partial charge in [-0.3, -0.25) is 9.78 Å². The molecule has 1 N–H and O–H groups in total. The number of aromatic nitrogens is 2. The fraction of sp³-hybridized carbons (Fsp3) is 0.312. The number of ether oxygens (including phenoxy) is 1. The van der Waals surface area contributed by atoms with Crippen LogP contribution >= 0.6 is 0 Å². The lowest BCUT2D eigenvalue weighted by Crippen LogP contribution is -2.40. The smallest absolute Gasteiger partial charge is 0.275 e. The largest absolute Gasteiger partial charge is 0.379 e. The summed E-state index contributed by atoms with van der Waals surface area (Å²) in [6, 6.07) is 6.04. The first-order chi connectivity index (χ1) is 12.0. The third-order valence-electron chi connectivity index (χ3n) is 3.73. The molecule has 1 aliphatic heterocycles. The summed E-state index contributed by atoms with van der Waals surface area (Å²) in [5.41, 5.74) is 1.39. The minimum Gasteiger partial charge on any atom is -0.379 e. The van der Waals surface area contributed by atoms with Gasteiger partial charge < -0.3 is 10.1 Å². The zero-order valence-electron chi connectivity index (χ0n) is 13.7. The van der Waals surface area contributed by atoms with Crippen molar-refractivity contribution >= 4 is 21.6 Å². The molecule has 0 saturated carbocycles. The average molecular weight is 362 g/mol. The number of sulfonamides is 1. The van der Waals surface area contributed by atoms with Gasteiger partial charge in [0.2, 0.25) is 10.0 Å². The van der Waals surface area contributed by atoms with Crippen LogP contribution in [0.25, 0.3) is 0 Å². The van der Waals surface area contributed by atoms with E-state index in [1.165, 1.54) is 28.8 Å². The Labute approximate surface area is 145 Å². The SMILES string of the molecule is Cc1cnc(C(=O)Nc2ccc(S(=O)(=O)N3CCOCC3)cc2)cn1. The molecule has 1 fully saturated rings. The van der Waals surface area contributed by atoms with Crippen LogP contribution in [0.4, 0.5) is 5.69 Å². The van der Waals surface area contributed by atoms with E-state index in [2.05, 4.69) is 15.3 Å². The molecular formula is C16H18N4O4S. The van der Waals surface area contributed by atoms with E-state index in [0.29, 0.717) is 37.7 Å². The monoisotopic (exact) mass is 362 g/mol. The lowest BCUT2D eigenvalue weighted by atomic mass is 10.3. The van der Waals surface area contributed by atoms with Crippen molar-refractivity contribution in [1.82, 2.24) is 14.3 Å². The number of nitrogens with one attached hydrogen (secondary N) is 1. The second-order valence-electron chi connectivity index (χ2n) is 5.54. The maximum absolute atomic E-state index is 12.5. The van der Waals surface area contributed by atoms with Crippen molar-refractivity contribution in [2.45, 2.75) is 11.8 Å². The summed E-state index contributed by atoms with van der Waals surface area (Å²) >= 11 is 0. The minimum absolute atomic E-state index is 0.183. The molecular weight excluding hydrogens is 344 g/mol. The second-order valence-corrected chi connectivity index (χ2v) is 7.48. The molecule has 8 nitrogen and oxygen atoms in total. The van der Waals surface area contributed by atoms with Gasteiger partial charge in [-0.25, -0.2) is 13.4 Å². The van der Waals surface area contributed by atoms with Gasteiger partial charge in [0.25, 0.3) is 5.91 Å². The van der Waals surface area contributed by atoms with Crippen LogP contribution in [0.1, 0.15) is 16.2 Å². The fourth-order valence-corrected chi connectivity index (χ4v) is 3.76. The molecule has 25 heavy (non-hydrogen) atoms. The highest BCUT2D eigenvalue weighted by molar-refractivity contribution is 7.89. The molecule has 1 amide bonds. The van der Waals surface area contributed by atoms with Crippen LogP contribution in [0.15, 0.2) is 41.6 Å². The van der Waals surface area contributed by atoms with Crippen molar-refractivity contribution < 1.29 is 17.9 Å². The highest BCUT2D eigenvalue weighted by Crippen LogP contribution is 2.19. The summed E-state index contributed by atoms with van der Waals surface area (Å²) < 4.78 is 31.7. The van der Waals surface area contributed by atoms with Crippen LogP contribution in [-0.4, -0.2) is 54.9 Å². The number of carbonyl (C=O) groups excluding carboxylic acids is 1. The molecule has 0 bridgehead atoms. The lowest BCUT2D eigenvalue weighted by molar-refractivity contribution is 0.0730. The van der Waals surface area contributed by atoms with Crippen molar-refractivity contribution in [3.8, 4) is 0 Å². The van der Waals surface area contributed by atoms with E-state index in [4.69, 9.17) is 4.74 Å². The summed E-state index contributed by atoms with van der Waals surface area (Å²) in [5, 5.41) is 2.67.